The van der Waals surface area contributed by atoms with Gasteiger partial charge >= 0.3 is 6.18 Å². The maximum atomic E-state index is 13.6. The third kappa shape index (κ3) is 6.85. The Hall–Kier alpha value is -2.83. The molecule has 1 fully saturated rings. The number of anilines is 2. The molecule has 1 aliphatic carbocycles. The molecule has 0 aliphatic heterocycles. The summed E-state index contributed by atoms with van der Waals surface area (Å²) >= 11 is 12.3. The molecule has 0 radical (unpaired) electrons. The lowest BCUT2D eigenvalue weighted by Crippen LogP contribution is -2.40. The minimum Gasteiger partial charge on any atom is -0.476 e. The van der Waals surface area contributed by atoms with Crippen LogP contribution in [0.4, 0.5) is 29.2 Å². The fourth-order valence-corrected chi connectivity index (χ4v) is 4.96. The van der Waals surface area contributed by atoms with Crippen molar-refractivity contribution < 1.29 is 27.1 Å². The van der Waals surface area contributed by atoms with Crippen molar-refractivity contribution in [3.05, 3.63) is 39.6 Å². The van der Waals surface area contributed by atoms with Gasteiger partial charge in [0, 0.05) is 19.6 Å². The smallest absolute Gasteiger partial charge is 0.391 e. The number of carbonyl (C=O) groups excluding carboxylic acids is 1. The van der Waals surface area contributed by atoms with E-state index in [2.05, 4.69) is 20.6 Å². The van der Waals surface area contributed by atoms with Crippen LogP contribution in [0.1, 0.15) is 36.0 Å². The van der Waals surface area contributed by atoms with Crippen molar-refractivity contribution in [3.8, 4) is 5.88 Å². The molecule has 0 unspecified atom stereocenters. The molecule has 2 heterocycles. The number of hydrogen-bond donors (Lipinski definition) is 2. The minimum atomic E-state index is -4.23. The van der Waals surface area contributed by atoms with Crippen molar-refractivity contribution in [2.75, 3.05) is 32.6 Å². The highest BCUT2D eigenvalue weighted by Gasteiger charge is 2.41. The van der Waals surface area contributed by atoms with Gasteiger partial charge in [-0.3, -0.25) is 9.36 Å². The number of nitrogens with one attached hydrogen (secondary N) is 2. The van der Waals surface area contributed by atoms with Crippen LogP contribution in [0.2, 0.25) is 10.0 Å². The molecule has 1 aromatic carbocycles. The third-order valence-electron chi connectivity index (χ3n) is 6.60. The molecule has 3 aromatic rings. The number of benzene rings is 1. The van der Waals surface area contributed by atoms with Crippen LogP contribution in [0.3, 0.4) is 0 Å². The Morgan fingerprint density at radius 2 is 1.77 bits per heavy atom. The van der Waals surface area contributed by atoms with Gasteiger partial charge in [-0.1, -0.05) is 23.2 Å². The first-order valence-corrected chi connectivity index (χ1v) is 13.0. The molecule has 8 nitrogen and oxygen atoms in total. The maximum Gasteiger partial charge on any atom is 0.391 e. The summed E-state index contributed by atoms with van der Waals surface area (Å²) in [5.41, 5.74) is 1.09. The van der Waals surface area contributed by atoms with E-state index >= 15 is 0 Å². The SMILES string of the molecule is CN(C)CCOc1nc2c(cc1C(=O)NC1CCC(C(F)(F)F)CC1)nc(Nc1c(Cl)cc(F)cc1Cl)n2C. The van der Waals surface area contributed by atoms with E-state index in [4.69, 9.17) is 27.9 Å². The van der Waals surface area contributed by atoms with Crippen LogP contribution in [0, 0.1) is 11.7 Å². The summed E-state index contributed by atoms with van der Waals surface area (Å²) in [6.07, 6.45) is -3.87. The largest absolute Gasteiger partial charge is 0.476 e. The van der Waals surface area contributed by atoms with Gasteiger partial charge in [-0.2, -0.15) is 18.2 Å². The predicted molar refractivity (Wildman–Crippen MR) is 142 cm³/mol. The molecule has 1 aliphatic rings. The number of carbonyl (C=O) groups is 1. The van der Waals surface area contributed by atoms with Crippen LogP contribution in [-0.2, 0) is 7.05 Å². The van der Waals surface area contributed by atoms with Crippen LogP contribution < -0.4 is 15.4 Å². The Balaban J connectivity index is 1.62. The Morgan fingerprint density at radius 3 is 2.36 bits per heavy atom. The highest BCUT2D eigenvalue weighted by molar-refractivity contribution is 6.39. The van der Waals surface area contributed by atoms with Crippen molar-refractivity contribution in [2.24, 2.45) is 13.0 Å². The first-order chi connectivity index (χ1) is 18.3. The van der Waals surface area contributed by atoms with E-state index in [0.29, 0.717) is 17.7 Å². The molecule has 0 atom stereocenters. The number of halogens is 6. The quantitative estimate of drug-likeness (QED) is 0.315. The number of aryl methyl sites for hydroxylation is 1. The molecule has 14 heteroatoms. The van der Waals surface area contributed by atoms with E-state index in [9.17, 15) is 22.4 Å². The number of hydrogen-bond acceptors (Lipinski definition) is 6. The summed E-state index contributed by atoms with van der Waals surface area (Å²) in [5.74, 6) is -2.11. The van der Waals surface area contributed by atoms with Gasteiger partial charge in [-0.15, -0.1) is 0 Å². The maximum absolute atomic E-state index is 13.6. The fourth-order valence-electron chi connectivity index (χ4n) is 4.41. The molecule has 4 rings (SSSR count). The molecular formula is C25H28Cl2F4N6O2. The van der Waals surface area contributed by atoms with E-state index in [0.717, 1.165) is 12.1 Å². The standard InChI is InChI=1S/C25H28Cl2F4N6O2/c1-36(2)8-9-39-23-16(22(38)32-15-6-4-13(5-7-15)25(29,30)31)12-19-21(35-23)37(3)24(33-19)34-20-17(26)10-14(28)11-18(20)27/h10-13,15H,4-9H2,1-3H3,(H,32,38)(H,33,34). The summed E-state index contributed by atoms with van der Waals surface area (Å²) in [6, 6.07) is 3.34. The van der Waals surface area contributed by atoms with E-state index in [1.165, 1.54) is 6.07 Å². The number of alkyl halides is 3. The summed E-state index contributed by atoms with van der Waals surface area (Å²) in [6.45, 7) is 0.800. The van der Waals surface area contributed by atoms with E-state index in [-0.39, 0.29) is 65.4 Å². The van der Waals surface area contributed by atoms with Crippen LogP contribution in [-0.4, -0.2) is 64.8 Å². The number of nitrogens with zero attached hydrogens (tertiary/aromatic N) is 4. The second-order valence-corrected chi connectivity index (χ2v) is 10.6. The van der Waals surface area contributed by atoms with Crippen molar-refractivity contribution in [3.63, 3.8) is 0 Å². The number of pyridine rings is 1. The number of amides is 1. The average Bonchev–Trinajstić information content (AvgIpc) is 3.14. The number of likely N-dealkylation sites (N-methyl/N-ethyl adjacent to an activating group) is 1. The zero-order chi connectivity index (χ0) is 28.5. The Kier molecular flexibility index (Phi) is 8.77. The highest BCUT2D eigenvalue weighted by atomic mass is 35.5. The van der Waals surface area contributed by atoms with E-state index in [1.807, 2.05) is 19.0 Å². The van der Waals surface area contributed by atoms with Gasteiger partial charge in [-0.25, -0.2) is 9.37 Å². The van der Waals surface area contributed by atoms with Gasteiger partial charge < -0.3 is 20.3 Å². The first kappa shape index (κ1) is 29.2. The molecule has 0 spiro atoms. The van der Waals surface area contributed by atoms with Crippen molar-refractivity contribution in [1.29, 1.82) is 0 Å². The van der Waals surface area contributed by atoms with Gasteiger partial charge in [0.05, 0.1) is 21.7 Å². The summed E-state index contributed by atoms with van der Waals surface area (Å²) in [4.78, 5) is 24.2. The molecule has 0 saturated heterocycles. The van der Waals surface area contributed by atoms with Gasteiger partial charge in [0.1, 0.15) is 23.5 Å². The minimum absolute atomic E-state index is 0.0400. The average molecular weight is 591 g/mol. The van der Waals surface area contributed by atoms with Gasteiger partial charge in [0.15, 0.2) is 5.65 Å². The van der Waals surface area contributed by atoms with Crippen molar-refractivity contribution >= 4 is 51.9 Å². The molecule has 1 amide bonds. The lowest BCUT2D eigenvalue weighted by atomic mass is 9.85. The Labute approximate surface area is 232 Å². The van der Waals surface area contributed by atoms with Crippen LogP contribution in [0.25, 0.3) is 11.2 Å². The number of rotatable bonds is 8. The second-order valence-electron chi connectivity index (χ2n) is 9.76. The molecule has 212 valence electrons. The molecule has 39 heavy (non-hydrogen) atoms. The summed E-state index contributed by atoms with van der Waals surface area (Å²) in [7, 11) is 5.42. The number of fused-ring (bicyclic) bond motifs is 1. The zero-order valence-corrected chi connectivity index (χ0v) is 23.0. The van der Waals surface area contributed by atoms with Crippen molar-refractivity contribution in [1.82, 2.24) is 24.8 Å². The van der Waals surface area contributed by atoms with Gasteiger partial charge in [0.2, 0.25) is 11.8 Å². The van der Waals surface area contributed by atoms with E-state index in [1.54, 1.807) is 11.6 Å². The first-order valence-electron chi connectivity index (χ1n) is 12.3. The Bertz CT molecular complexity index is 1330. The van der Waals surface area contributed by atoms with Gasteiger partial charge in [0.25, 0.3) is 5.91 Å². The van der Waals surface area contributed by atoms with Crippen LogP contribution in [0.5, 0.6) is 5.88 Å². The fraction of sp³-hybridized carbons (Fsp3) is 0.480. The summed E-state index contributed by atoms with van der Waals surface area (Å²) < 4.78 is 60.2. The molecular weight excluding hydrogens is 563 g/mol. The number of imidazole rings is 1. The number of ether oxygens (including phenoxy) is 1. The normalized spacial score (nSPS) is 18.0. The lowest BCUT2D eigenvalue weighted by molar-refractivity contribution is -0.182. The topological polar surface area (TPSA) is 84.3 Å². The summed E-state index contributed by atoms with van der Waals surface area (Å²) in [5, 5.41) is 5.91. The zero-order valence-electron chi connectivity index (χ0n) is 21.5. The van der Waals surface area contributed by atoms with Crippen molar-refractivity contribution in [2.45, 2.75) is 37.9 Å². The monoisotopic (exact) mass is 590 g/mol. The Morgan fingerprint density at radius 1 is 1.13 bits per heavy atom. The predicted octanol–water partition coefficient (Wildman–Crippen LogP) is 5.95. The van der Waals surface area contributed by atoms with Crippen LogP contribution >= 0.6 is 23.2 Å². The van der Waals surface area contributed by atoms with Crippen LogP contribution in [0.15, 0.2) is 18.2 Å². The third-order valence-corrected chi connectivity index (χ3v) is 7.20. The molecule has 1 saturated carbocycles. The molecule has 2 aromatic heterocycles. The van der Waals surface area contributed by atoms with E-state index < -0.39 is 29.9 Å². The van der Waals surface area contributed by atoms with Gasteiger partial charge in [-0.05, 0) is 58.0 Å². The number of aromatic nitrogens is 3. The molecule has 2 N–H and O–H groups in total. The lowest BCUT2D eigenvalue weighted by Gasteiger charge is -2.30. The highest BCUT2D eigenvalue weighted by Crippen LogP contribution is 2.38. The second kappa shape index (κ2) is 11.7. The molecule has 0 bridgehead atoms.